The van der Waals surface area contributed by atoms with E-state index in [0.29, 0.717) is 23.8 Å². The predicted molar refractivity (Wildman–Crippen MR) is 110 cm³/mol. The number of benzene rings is 2. The van der Waals surface area contributed by atoms with Crippen molar-refractivity contribution in [3.8, 4) is 17.2 Å². The average molecular weight is 392 g/mol. The number of carbonyl (C=O) groups is 1. The molecule has 29 heavy (non-hydrogen) atoms. The van der Waals surface area contributed by atoms with Gasteiger partial charge in [0.15, 0.2) is 11.5 Å². The van der Waals surface area contributed by atoms with Crippen LogP contribution < -0.4 is 15.2 Å². The summed E-state index contributed by atoms with van der Waals surface area (Å²) < 4.78 is 19.4. The maximum Gasteiger partial charge on any atom is 0.265 e. The maximum absolute atomic E-state index is 12.0. The molecule has 0 unspecified atom stereocenters. The third-order valence-corrected chi connectivity index (χ3v) is 5.35. The molecule has 6 heteroatoms. The molecular weight excluding hydrogens is 368 g/mol. The van der Waals surface area contributed by atoms with Crippen LogP contribution in [0.3, 0.4) is 0 Å². The zero-order chi connectivity index (χ0) is 20.5. The Morgan fingerprint density at radius 2 is 1.97 bits per heavy atom. The summed E-state index contributed by atoms with van der Waals surface area (Å²) in [5, 5.41) is 0. The first-order valence-electron chi connectivity index (χ1n) is 9.55. The van der Waals surface area contributed by atoms with Crippen LogP contribution in [-0.4, -0.2) is 24.7 Å². The number of primary amides is 1. The summed E-state index contributed by atoms with van der Waals surface area (Å²) in [6, 6.07) is 15.6. The summed E-state index contributed by atoms with van der Waals surface area (Å²) in [5.74, 6) is 0.803. The molecular formula is C23H24N2O4. The second kappa shape index (κ2) is 7.64. The molecule has 2 heterocycles. The average Bonchev–Trinajstić information content (AvgIpc) is 3.10. The van der Waals surface area contributed by atoms with Crippen LogP contribution in [0.4, 0.5) is 0 Å². The number of rotatable bonds is 5. The van der Waals surface area contributed by atoms with Gasteiger partial charge >= 0.3 is 0 Å². The molecule has 0 fully saturated rings. The Labute approximate surface area is 169 Å². The molecule has 2 N–H and O–H groups in total. The van der Waals surface area contributed by atoms with Crippen molar-refractivity contribution < 1.29 is 19.0 Å². The lowest BCUT2D eigenvalue weighted by Gasteiger charge is -2.22. The normalized spacial score (nSPS) is 15.2. The summed E-state index contributed by atoms with van der Waals surface area (Å²) in [4.78, 5) is 12.0. The predicted octanol–water partition coefficient (Wildman–Crippen LogP) is 3.78. The molecule has 4 rings (SSSR count). The van der Waals surface area contributed by atoms with Gasteiger partial charge < -0.3 is 24.5 Å². The van der Waals surface area contributed by atoms with Crippen LogP contribution in [0.2, 0.25) is 0 Å². The lowest BCUT2D eigenvalue weighted by molar-refractivity contribution is 0.0659. The molecule has 6 nitrogen and oxygen atoms in total. The van der Waals surface area contributed by atoms with Gasteiger partial charge in [0.05, 0.1) is 26.5 Å². The zero-order valence-corrected chi connectivity index (χ0v) is 16.8. The second-order valence-corrected chi connectivity index (χ2v) is 6.93. The summed E-state index contributed by atoms with van der Waals surface area (Å²) >= 11 is 0. The highest BCUT2D eigenvalue weighted by Gasteiger charge is 2.29. The Morgan fingerprint density at radius 1 is 1.14 bits per heavy atom. The van der Waals surface area contributed by atoms with Gasteiger partial charge in [-0.25, -0.2) is 0 Å². The van der Waals surface area contributed by atoms with Gasteiger partial charge in [-0.2, -0.15) is 0 Å². The lowest BCUT2D eigenvalue weighted by Crippen LogP contribution is -2.17. The van der Waals surface area contributed by atoms with E-state index in [1.807, 2.05) is 34.9 Å². The summed E-state index contributed by atoms with van der Waals surface area (Å²) in [6.07, 6.45) is 0.499. The van der Waals surface area contributed by atoms with Crippen molar-refractivity contribution in [2.24, 2.45) is 5.73 Å². The number of fused-ring (bicyclic) bond motifs is 3. The van der Waals surface area contributed by atoms with Crippen LogP contribution in [0, 0.1) is 0 Å². The maximum atomic E-state index is 12.0. The molecule has 0 aliphatic carbocycles. The molecule has 0 saturated carbocycles. The number of amides is 1. The first kappa shape index (κ1) is 19.1. The van der Waals surface area contributed by atoms with E-state index in [9.17, 15) is 4.79 Å². The third kappa shape index (κ3) is 3.15. The van der Waals surface area contributed by atoms with Gasteiger partial charge in [0.2, 0.25) is 0 Å². The summed E-state index contributed by atoms with van der Waals surface area (Å²) in [6.45, 7) is 2.44. The van der Waals surface area contributed by atoms with Crippen molar-refractivity contribution in [1.29, 1.82) is 0 Å². The lowest BCUT2D eigenvalue weighted by atomic mass is 9.96. The number of hydrogen-bond acceptors (Lipinski definition) is 4. The minimum absolute atomic E-state index is 0.328. The van der Waals surface area contributed by atoms with E-state index in [1.54, 1.807) is 20.3 Å². The van der Waals surface area contributed by atoms with Gasteiger partial charge in [0, 0.05) is 16.8 Å². The number of methoxy groups -OCH3 is 2. The van der Waals surface area contributed by atoms with E-state index >= 15 is 0 Å². The van der Waals surface area contributed by atoms with E-state index < -0.39 is 5.91 Å². The third-order valence-electron chi connectivity index (χ3n) is 5.35. The Morgan fingerprint density at radius 3 is 2.66 bits per heavy atom. The molecule has 150 valence electrons. The summed E-state index contributed by atoms with van der Waals surface area (Å²) in [7, 11) is 3.24. The molecule has 0 spiro atoms. The fourth-order valence-corrected chi connectivity index (χ4v) is 3.94. The van der Waals surface area contributed by atoms with Crippen molar-refractivity contribution in [1.82, 2.24) is 4.57 Å². The van der Waals surface area contributed by atoms with Crippen LogP contribution in [0.1, 0.15) is 45.9 Å². The Kier molecular flexibility index (Phi) is 5.03. The molecule has 2 aromatic carbocycles. The standard InChI is InChI=1S/C23H24N2O4/c1-4-14-8-10-18-17(12-14)21(16-6-5-7-20(27-2)22(16)28-3)29-13-15-9-11-19(23(24)26)25(15)18/h5-12,21H,4,13H2,1-3H3,(H2,24,26)/t21-/m1/s1. The highest BCUT2D eigenvalue weighted by atomic mass is 16.5. The molecule has 0 bridgehead atoms. The van der Waals surface area contributed by atoms with Crippen molar-refractivity contribution in [2.75, 3.05) is 14.2 Å². The summed E-state index contributed by atoms with van der Waals surface area (Å²) in [5.41, 5.74) is 10.8. The van der Waals surface area contributed by atoms with E-state index in [2.05, 4.69) is 19.1 Å². The molecule has 1 atom stereocenters. The molecule has 1 aromatic heterocycles. The molecule has 1 aliphatic heterocycles. The quantitative estimate of drug-likeness (QED) is 0.717. The van der Waals surface area contributed by atoms with Crippen molar-refractivity contribution in [3.63, 3.8) is 0 Å². The molecule has 1 amide bonds. The smallest absolute Gasteiger partial charge is 0.265 e. The monoisotopic (exact) mass is 392 g/mol. The number of para-hydroxylation sites is 1. The Bertz CT molecular complexity index is 1070. The largest absolute Gasteiger partial charge is 0.493 e. The molecule has 3 aromatic rings. The molecule has 0 radical (unpaired) electrons. The number of ether oxygens (including phenoxy) is 3. The first-order valence-corrected chi connectivity index (χ1v) is 9.55. The highest BCUT2D eigenvalue weighted by molar-refractivity contribution is 5.92. The van der Waals surface area contributed by atoms with Crippen LogP contribution in [-0.2, 0) is 17.8 Å². The Hall–Kier alpha value is -3.25. The molecule has 1 aliphatic rings. The number of hydrogen-bond donors (Lipinski definition) is 1. The van der Waals surface area contributed by atoms with Gasteiger partial charge in [0.1, 0.15) is 11.8 Å². The van der Waals surface area contributed by atoms with Crippen LogP contribution in [0.25, 0.3) is 5.69 Å². The van der Waals surface area contributed by atoms with Gasteiger partial charge in [-0.05, 0) is 36.2 Å². The van der Waals surface area contributed by atoms with E-state index in [1.165, 1.54) is 5.56 Å². The Balaban J connectivity index is 1.97. The van der Waals surface area contributed by atoms with Crippen LogP contribution in [0.15, 0.2) is 48.5 Å². The van der Waals surface area contributed by atoms with Crippen LogP contribution >= 0.6 is 0 Å². The van der Waals surface area contributed by atoms with Gasteiger partial charge in [0.25, 0.3) is 5.91 Å². The van der Waals surface area contributed by atoms with Crippen molar-refractivity contribution in [3.05, 3.63) is 76.6 Å². The van der Waals surface area contributed by atoms with Crippen LogP contribution in [0.5, 0.6) is 11.5 Å². The van der Waals surface area contributed by atoms with E-state index in [4.69, 9.17) is 19.9 Å². The first-order chi connectivity index (χ1) is 14.1. The highest BCUT2D eigenvalue weighted by Crippen LogP contribution is 2.43. The van der Waals surface area contributed by atoms with E-state index in [-0.39, 0.29) is 6.10 Å². The minimum atomic E-state index is -0.473. The molecule has 0 saturated heterocycles. The fourth-order valence-electron chi connectivity index (χ4n) is 3.94. The number of aryl methyl sites for hydroxylation is 1. The van der Waals surface area contributed by atoms with Gasteiger partial charge in [-0.1, -0.05) is 31.2 Å². The number of aromatic nitrogens is 1. The minimum Gasteiger partial charge on any atom is -0.493 e. The number of carbonyl (C=O) groups excluding carboxylic acids is 1. The number of nitrogens with zero attached hydrogens (tertiary/aromatic N) is 1. The number of nitrogens with two attached hydrogens (primary N) is 1. The SMILES string of the molecule is CCc1ccc2c(c1)[C@@H](c1cccc(OC)c1OC)OCc1ccc(C(N)=O)n1-2. The topological polar surface area (TPSA) is 75.7 Å². The fraction of sp³-hybridized carbons (Fsp3) is 0.261. The second-order valence-electron chi connectivity index (χ2n) is 6.93. The van der Waals surface area contributed by atoms with Gasteiger partial charge in [-0.15, -0.1) is 0 Å². The van der Waals surface area contributed by atoms with Crippen molar-refractivity contribution in [2.45, 2.75) is 26.1 Å². The van der Waals surface area contributed by atoms with Gasteiger partial charge in [-0.3, -0.25) is 4.79 Å². The van der Waals surface area contributed by atoms with E-state index in [0.717, 1.165) is 28.9 Å². The van der Waals surface area contributed by atoms with Crippen molar-refractivity contribution >= 4 is 5.91 Å². The zero-order valence-electron chi connectivity index (χ0n) is 16.8.